The number of nitrogens with one attached hydrogen (secondary N) is 1. The third-order valence-electron chi connectivity index (χ3n) is 5.64. The van der Waals surface area contributed by atoms with Crippen LogP contribution in [0.25, 0.3) is 6.08 Å². The van der Waals surface area contributed by atoms with Crippen LogP contribution >= 0.6 is 0 Å². The van der Waals surface area contributed by atoms with E-state index in [0.29, 0.717) is 30.8 Å². The Balaban J connectivity index is 2.02. The van der Waals surface area contributed by atoms with Crippen molar-refractivity contribution in [3.8, 4) is 0 Å². The molecule has 8 nitrogen and oxygen atoms in total. The normalized spacial score (nSPS) is 16.2. The van der Waals surface area contributed by atoms with E-state index in [9.17, 15) is 18.0 Å². The van der Waals surface area contributed by atoms with Gasteiger partial charge in [-0.1, -0.05) is 0 Å². The van der Waals surface area contributed by atoms with Crippen LogP contribution in [0, 0.1) is 19.8 Å². The summed E-state index contributed by atoms with van der Waals surface area (Å²) in [6.07, 6.45) is 5.78. The first kappa shape index (κ1) is 24.1. The molecule has 30 heavy (non-hydrogen) atoms. The molecule has 1 amide bonds. The quantitative estimate of drug-likeness (QED) is 0.494. The lowest BCUT2D eigenvalue weighted by molar-refractivity contribution is -0.116. The standard InChI is InChI=1S/C21H33N3O5S/c1-6-24-15(3)18(20(16(24)4)21(26)29-7-2)8-9-19(25)22-14-17-10-12-23(13-11-17)30(5,27)28/h8-9,17H,6-7,10-14H2,1-5H3,(H,22,25)/b9-8+. The van der Waals surface area contributed by atoms with Crippen molar-refractivity contribution in [1.82, 2.24) is 14.2 Å². The molecule has 0 unspecified atom stereocenters. The SMILES string of the molecule is CCOC(=O)c1c(/C=C/C(=O)NCC2CCN(S(C)(=O)=O)CC2)c(C)n(CC)c1C. The minimum atomic E-state index is -3.15. The summed E-state index contributed by atoms with van der Waals surface area (Å²) in [4.78, 5) is 24.8. The fraction of sp³-hybridized carbons (Fsp3) is 0.619. The van der Waals surface area contributed by atoms with E-state index in [4.69, 9.17) is 4.74 Å². The molecule has 0 spiro atoms. The van der Waals surface area contributed by atoms with Gasteiger partial charge in [0.1, 0.15) is 0 Å². The van der Waals surface area contributed by atoms with Gasteiger partial charge >= 0.3 is 5.97 Å². The van der Waals surface area contributed by atoms with Crippen LogP contribution in [-0.2, 0) is 26.1 Å². The van der Waals surface area contributed by atoms with E-state index in [2.05, 4.69) is 5.32 Å². The summed E-state index contributed by atoms with van der Waals surface area (Å²) in [6.45, 7) is 10.0. The van der Waals surface area contributed by atoms with Gasteiger partial charge in [-0.3, -0.25) is 4.79 Å². The molecule has 0 aromatic carbocycles. The third-order valence-corrected chi connectivity index (χ3v) is 6.94. The van der Waals surface area contributed by atoms with Crippen LogP contribution in [0.15, 0.2) is 6.08 Å². The van der Waals surface area contributed by atoms with Gasteiger partial charge in [0.25, 0.3) is 0 Å². The Kier molecular flexibility index (Phi) is 8.25. The van der Waals surface area contributed by atoms with E-state index in [1.54, 1.807) is 13.0 Å². The van der Waals surface area contributed by atoms with E-state index in [0.717, 1.165) is 30.8 Å². The lowest BCUT2D eigenvalue weighted by Crippen LogP contribution is -2.40. The second-order valence-electron chi connectivity index (χ2n) is 7.61. The molecule has 0 atom stereocenters. The van der Waals surface area contributed by atoms with Gasteiger partial charge in [-0.15, -0.1) is 0 Å². The second-order valence-corrected chi connectivity index (χ2v) is 9.59. The number of rotatable bonds is 8. The van der Waals surface area contributed by atoms with Crippen molar-refractivity contribution in [3.63, 3.8) is 0 Å². The first-order chi connectivity index (χ1) is 14.1. The lowest BCUT2D eigenvalue weighted by Gasteiger charge is -2.30. The van der Waals surface area contributed by atoms with Gasteiger partial charge < -0.3 is 14.6 Å². The third kappa shape index (κ3) is 5.72. The number of piperidine rings is 1. The molecule has 1 aliphatic rings. The Bertz CT molecular complexity index is 910. The Morgan fingerprint density at radius 2 is 1.80 bits per heavy atom. The highest BCUT2D eigenvalue weighted by Gasteiger charge is 2.25. The number of hydrogen-bond acceptors (Lipinski definition) is 5. The summed E-state index contributed by atoms with van der Waals surface area (Å²) in [5.41, 5.74) is 2.93. The van der Waals surface area contributed by atoms with Crippen molar-refractivity contribution in [2.45, 2.75) is 47.1 Å². The number of hydrogen-bond donors (Lipinski definition) is 1. The van der Waals surface area contributed by atoms with E-state index < -0.39 is 10.0 Å². The second kappa shape index (κ2) is 10.3. The Hall–Kier alpha value is -2.13. The number of amides is 1. The zero-order chi connectivity index (χ0) is 22.5. The molecular weight excluding hydrogens is 406 g/mol. The van der Waals surface area contributed by atoms with Gasteiger partial charge in [-0.25, -0.2) is 17.5 Å². The van der Waals surface area contributed by atoms with Crippen LogP contribution in [0.2, 0.25) is 0 Å². The maximum Gasteiger partial charge on any atom is 0.340 e. The predicted octanol–water partition coefficient (Wildman–Crippen LogP) is 2.10. The van der Waals surface area contributed by atoms with Gasteiger partial charge in [0.05, 0.1) is 18.4 Å². The van der Waals surface area contributed by atoms with Gasteiger partial charge in [-0.05, 0) is 52.5 Å². The van der Waals surface area contributed by atoms with Crippen LogP contribution in [0.1, 0.15) is 54.0 Å². The average molecular weight is 440 g/mol. The number of carbonyl (C=O) groups is 2. The molecule has 168 valence electrons. The molecule has 0 radical (unpaired) electrons. The largest absolute Gasteiger partial charge is 0.462 e. The van der Waals surface area contributed by atoms with Crippen molar-refractivity contribution < 1.29 is 22.7 Å². The summed E-state index contributed by atoms with van der Waals surface area (Å²) >= 11 is 0. The fourth-order valence-electron chi connectivity index (χ4n) is 3.95. The van der Waals surface area contributed by atoms with Crippen molar-refractivity contribution in [2.75, 3.05) is 32.5 Å². The molecular formula is C21H33N3O5S. The number of esters is 1. The maximum absolute atomic E-state index is 12.4. The molecule has 0 saturated carbocycles. The van der Waals surface area contributed by atoms with E-state index in [1.165, 1.54) is 16.6 Å². The highest BCUT2D eigenvalue weighted by molar-refractivity contribution is 7.88. The predicted molar refractivity (Wildman–Crippen MR) is 117 cm³/mol. The van der Waals surface area contributed by atoms with Crippen LogP contribution in [0.5, 0.6) is 0 Å². The van der Waals surface area contributed by atoms with Crippen LogP contribution < -0.4 is 5.32 Å². The topological polar surface area (TPSA) is 97.7 Å². The zero-order valence-corrected chi connectivity index (χ0v) is 19.3. The smallest absolute Gasteiger partial charge is 0.340 e. The molecule has 1 fully saturated rings. The van der Waals surface area contributed by atoms with Crippen molar-refractivity contribution in [1.29, 1.82) is 0 Å². The molecule has 2 rings (SSSR count). The van der Waals surface area contributed by atoms with Crippen molar-refractivity contribution in [3.05, 3.63) is 28.6 Å². The lowest BCUT2D eigenvalue weighted by atomic mass is 9.98. The summed E-state index contributed by atoms with van der Waals surface area (Å²) in [5, 5.41) is 2.89. The monoisotopic (exact) mass is 439 g/mol. The molecule has 9 heteroatoms. The number of ether oxygens (including phenoxy) is 1. The average Bonchev–Trinajstić information content (AvgIpc) is 2.93. The summed E-state index contributed by atoms with van der Waals surface area (Å²) < 4.78 is 31.9. The Morgan fingerprint density at radius 1 is 1.17 bits per heavy atom. The first-order valence-corrected chi connectivity index (χ1v) is 12.2. The number of sulfonamides is 1. The van der Waals surface area contributed by atoms with E-state index in [-0.39, 0.29) is 24.4 Å². The number of nitrogens with zero attached hydrogens (tertiary/aromatic N) is 2. The Labute approximate surface area is 179 Å². The highest BCUT2D eigenvalue weighted by Crippen LogP contribution is 2.25. The van der Waals surface area contributed by atoms with Gasteiger partial charge in [-0.2, -0.15) is 0 Å². The molecule has 2 heterocycles. The maximum atomic E-state index is 12.4. The summed E-state index contributed by atoms with van der Waals surface area (Å²) in [6, 6.07) is 0. The molecule has 0 bridgehead atoms. The molecule has 1 aromatic rings. The molecule has 1 aromatic heterocycles. The summed E-state index contributed by atoms with van der Waals surface area (Å²) in [7, 11) is -3.15. The zero-order valence-electron chi connectivity index (χ0n) is 18.5. The van der Waals surface area contributed by atoms with Gasteiger partial charge in [0, 0.05) is 49.2 Å². The highest BCUT2D eigenvalue weighted by atomic mass is 32.2. The molecule has 1 aliphatic heterocycles. The van der Waals surface area contributed by atoms with Crippen LogP contribution in [0.4, 0.5) is 0 Å². The van der Waals surface area contributed by atoms with Gasteiger partial charge in [0.15, 0.2) is 0 Å². The van der Waals surface area contributed by atoms with Crippen LogP contribution in [0.3, 0.4) is 0 Å². The first-order valence-electron chi connectivity index (χ1n) is 10.4. The minimum absolute atomic E-state index is 0.239. The molecule has 1 N–H and O–H groups in total. The van der Waals surface area contributed by atoms with Gasteiger partial charge in [0.2, 0.25) is 15.9 Å². The minimum Gasteiger partial charge on any atom is -0.462 e. The van der Waals surface area contributed by atoms with E-state index in [1.807, 2.05) is 25.3 Å². The van der Waals surface area contributed by atoms with E-state index >= 15 is 0 Å². The molecule has 1 saturated heterocycles. The summed E-state index contributed by atoms with van der Waals surface area (Å²) in [5.74, 6) is -0.375. The van der Waals surface area contributed by atoms with Crippen molar-refractivity contribution in [2.24, 2.45) is 5.92 Å². The van der Waals surface area contributed by atoms with Crippen molar-refractivity contribution >= 4 is 28.0 Å². The molecule has 0 aliphatic carbocycles. The fourth-order valence-corrected chi connectivity index (χ4v) is 4.83. The number of aromatic nitrogens is 1. The Morgan fingerprint density at radius 3 is 2.33 bits per heavy atom. The van der Waals surface area contributed by atoms with Crippen LogP contribution in [-0.4, -0.2) is 61.7 Å². The number of carbonyl (C=O) groups excluding carboxylic acids is 2.